The molecule has 0 spiro atoms. The lowest BCUT2D eigenvalue weighted by molar-refractivity contribution is 0.0765. The van der Waals surface area contributed by atoms with Crippen LogP contribution >= 0.6 is 0 Å². The first kappa shape index (κ1) is 19.0. The number of ether oxygens (including phenoxy) is 2. The van der Waals surface area contributed by atoms with Crippen LogP contribution in [0.25, 0.3) is 0 Å². The van der Waals surface area contributed by atoms with Gasteiger partial charge in [0.15, 0.2) is 0 Å². The molecule has 0 aromatic heterocycles. The van der Waals surface area contributed by atoms with Crippen LogP contribution in [-0.2, 0) is 10.0 Å². The van der Waals surface area contributed by atoms with Crippen molar-refractivity contribution in [1.29, 1.82) is 0 Å². The highest BCUT2D eigenvalue weighted by Crippen LogP contribution is 2.30. The number of fused-ring (bicyclic) bond motifs is 1. The molecule has 1 aliphatic rings. The van der Waals surface area contributed by atoms with Crippen molar-refractivity contribution >= 4 is 21.6 Å². The third-order valence-corrected chi connectivity index (χ3v) is 5.76. The first-order chi connectivity index (χ1) is 12.9. The van der Waals surface area contributed by atoms with Crippen LogP contribution < -0.4 is 14.2 Å². The van der Waals surface area contributed by atoms with Gasteiger partial charge in [-0.15, -0.1) is 0 Å². The minimum Gasteiger partial charge on any atom is -0.495 e. The van der Waals surface area contributed by atoms with Crippen LogP contribution in [0.3, 0.4) is 0 Å². The number of rotatable bonds is 5. The fourth-order valence-electron chi connectivity index (χ4n) is 2.93. The monoisotopic (exact) mass is 390 g/mol. The Kier molecular flexibility index (Phi) is 5.27. The summed E-state index contributed by atoms with van der Waals surface area (Å²) in [5.74, 6) is 0.519. The molecule has 0 fully saturated rings. The number of carbonyl (C=O) groups excluding carboxylic acids is 1. The van der Waals surface area contributed by atoms with Crippen molar-refractivity contribution in [3.63, 3.8) is 0 Å². The summed E-state index contributed by atoms with van der Waals surface area (Å²) in [6, 6.07) is 9.61. The number of hydrogen-bond acceptors (Lipinski definition) is 5. The van der Waals surface area contributed by atoms with Crippen LogP contribution in [0.15, 0.2) is 41.3 Å². The Labute approximate surface area is 158 Å². The van der Waals surface area contributed by atoms with Gasteiger partial charge in [-0.25, -0.2) is 8.42 Å². The SMILES string of the molecule is CCN1CCOc2ccc(NS(=O)(=O)c3cc(C)ccc3OC)cc2C1=O. The van der Waals surface area contributed by atoms with Gasteiger partial charge in [-0.2, -0.15) is 0 Å². The molecule has 3 rings (SSSR count). The maximum Gasteiger partial charge on any atom is 0.265 e. The zero-order valence-electron chi connectivity index (χ0n) is 15.5. The summed E-state index contributed by atoms with van der Waals surface area (Å²) in [5, 5.41) is 0. The van der Waals surface area contributed by atoms with E-state index >= 15 is 0 Å². The van der Waals surface area contributed by atoms with Crippen molar-refractivity contribution in [2.24, 2.45) is 0 Å². The molecule has 0 saturated carbocycles. The molecule has 0 bridgehead atoms. The van der Waals surface area contributed by atoms with Crippen LogP contribution in [0.5, 0.6) is 11.5 Å². The molecule has 144 valence electrons. The van der Waals surface area contributed by atoms with Gasteiger partial charge in [0.05, 0.1) is 19.2 Å². The van der Waals surface area contributed by atoms with Gasteiger partial charge in [-0.05, 0) is 49.7 Å². The number of methoxy groups -OCH3 is 1. The van der Waals surface area contributed by atoms with E-state index in [9.17, 15) is 13.2 Å². The van der Waals surface area contributed by atoms with Crippen LogP contribution in [0, 0.1) is 6.92 Å². The summed E-state index contributed by atoms with van der Waals surface area (Å²) in [4.78, 5) is 14.3. The van der Waals surface area contributed by atoms with Gasteiger partial charge in [-0.1, -0.05) is 6.07 Å². The van der Waals surface area contributed by atoms with Crippen LogP contribution in [-0.4, -0.2) is 46.0 Å². The topological polar surface area (TPSA) is 84.9 Å². The number of benzene rings is 2. The number of sulfonamides is 1. The summed E-state index contributed by atoms with van der Waals surface area (Å²) in [6.45, 7) is 5.14. The second-order valence-electron chi connectivity index (χ2n) is 6.20. The summed E-state index contributed by atoms with van der Waals surface area (Å²) in [6.07, 6.45) is 0. The Bertz CT molecular complexity index is 972. The van der Waals surface area contributed by atoms with Crippen LogP contribution in [0.1, 0.15) is 22.8 Å². The third-order valence-electron chi connectivity index (χ3n) is 4.36. The molecule has 7 nitrogen and oxygen atoms in total. The summed E-state index contributed by atoms with van der Waals surface area (Å²) in [5.41, 5.74) is 1.42. The Morgan fingerprint density at radius 1 is 1.22 bits per heavy atom. The van der Waals surface area contributed by atoms with E-state index in [0.29, 0.717) is 31.0 Å². The quantitative estimate of drug-likeness (QED) is 0.848. The molecule has 2 aromatic rings. The van der Waals surface area contributed by atoms with Crippen molar-refractivity contribution in [3.05, 3.63) is 47.5 Å². The number of nitrogens with one attached hydrogen (secondary N) is 1. The summed E-state index contributed by atoms with van der Waals surface area (Å²) in [7, 11) is -2.47. The number of hydrogen-bond donors (Lipinski definition) is 1. The number of aryl methyl sites for hydroxylation is 1. The number of anilines is 1. The molecule has 0 unspecified atom stereocenters. The lowest BCUT2D eigenvalue weighted by Crippen LogP contribution is -2.32. The van der Waals surface area contributed by atoms with Crippen LogP contribution in [0.2, 0.25) is 0 Å². The standard InChI is InChI=1S/C19H22N2O5S/c1-4-21-9-10-26-16-8-6-14(12-15(16)19(21)22)20-27(23,24)18-11-13(2)5-7-17(18)25-3/h5-8,11-12,20H,4,9-10H2,1-3H3. The fourth-order valence-corrected chi connectivity index (χ4v) is 4.23. The first-order valence-electron chi connectivity index (χ1n) is 8.59. The van der Waals surface area contributed by atoms with E-state index in [1.165, 1.54) is 19.2 Å². The number of likely N-dealkylation sites (N-methyl/N-ethyl adjacent to an activating group) is 1. The van der Waals surface area contributed by atoms with E-state index in [2.05, 4.69) is 4.72 Å². The Morgan fingerprint density at radius 3 is 2.70 bits per heavy atom. The predicted octanol–water partition coefficient (Wildman–Crippen LogP) is 2.66. The van der Waals surface area contributed by atoms with Crippen molar-refractivity contribution < 1.29 is 22.7 Å². The molecule has 1 N–H and O–H groups in total. The highest BCUT2D eigenvalue weighted by atomic mass is 32.2. The lowest BCUT2D eigenvalue weighted by atomic mass is 10.1. The van der Waals surface area contributed by atoms with Crippen molar-refractivity contribution in [2.45, 2.75) is 18.7 Å². The average Bonchev–Trinajstić information content (AvgIpc) is 2.80. The lowest BCUT2D eigenvalue weighted by Gasteiger charge is -2.17. The number of nitrogens with zero attached hydrogens (tertiary/aromatic N) is 1. The van der Waals surface area contributed by atoms with Crippen molar-refractivity contribution in [2.75, 3.05) is 31.5 Å². The predicted molar refractivity (Wildman–Crippen MR) is 102 cm³/mol. The van der Waals surface area contributed by atoms with E-state index in [4.69, 9.17) is 9.47 Å². The average molecular weight is 390 g/mol. The van der Waals surface area contributed by atoms with Gasteiger partial charge >= 0.3 is 0 Å². The van der Waals surface area contributed by atoms with E-state index < -0.39 is 10.0 Å². The van der Waals surface area contributed by atoms with E-state index in [1.54, 1.807) is 36.1 Å². The molecule has 1 amide bonds. The molecular formula is C19H22N2O5S. The molecule has 1 heterocycles. The molecule has 0 aliphatic carbocycles. The van der Waals surface area contributed by atoms with Crippen molar-refractivity contribution in [3.8, 4) is 11.5 Å². The van der Waals surface area contributed by atoms with E-state index in [-0.39, 0.29) is 22.2 Å². The van der Waals surface area contributed by atoms with Gasteiger partial charge in [0, 0.05) is 12.2 Å². The normalized spacial score (nSPS) is 14.2. The van der Waals surface area contributed by atoms with E-state index in [1.807, 2.05) is 6.92 Å². The van der Waals surface area contributed by atoms with Gasteiger partial charge in [0.25, 0.3) is 15.9 Å². The minimum atomic E-state index is -3.89. The number of amides is 1. The minimum absolute atomic E-state index is 0.0395. The Morgan fingerprint density at radius 2 is 2.00 bits per heavy atom. The molecule has 0 radical (unpaired) electrons. The maximum absolute atomic E-state index is 12.9. The second kappa shape index (κ2) is 7.48. The van der Waals surface area contributed by atoms with Gasteiger partial charge < -0.3 is 14.4 Å². The molecule has 27 heavy (non-hydrogen) atoms. The molecule has 1 aliphatic heterocycles. The molecule has 8 heteroatoms. The van der Waals surface area contributed by atoms with Gasteiger partial charge in [-0.3, -0.25) is 9.52 Å². The number of carbonyl (C=O) groups is 1. The first-order valence-corrected chi connectivity index (χ1v) is 10.1. The maximum atomic E-state index is 12.9. The van der Waals surface area contributed by atoms with Gasteiger partial charge in [0.2, 0.25) is 0 Å². The molecule has 0 saturated heterocycles. The molecular weight excluding hydrogens is 368 g/mol. The summed E-state index contributed by atoms with van der Waals surface area (Å²) < 4.78 is 39.0. The highest BCUT2D eigenvalue weighted by Gasteiger charge is 2.25. The smallest absolute Gasteiger partial charge is 0.265 e. The molecule has 2 aromatic carbocycles. The Balaban J connectivity index is 1.97. The highest BCUT2D eigenvalue weighted by molar-refractivity contribution is 7.92. The summed E-state index contributed by atoms with van der Waals surface area (Å²) >= 11 is 0. The fraction of sp³-hybridized carbons (Fsp3) is 0.316. The van der Waals surface area contributed by atoms with E-state index in [0.717, 1.165) is 5.56 Å². The van der Waals surface area contributed by atoms with Gasteiger partial charge in [0.1, 0.15) is 23.0 Å². The zero-order valence-corrected chi connectivity index (χ0v) is 16.3. The Hall–Kier alpha value is -2.74. The second-order valence-corrected chi connectivity index (χ2v) is 7.85. The van der Waals surface area contributed by atoms with Crippen molar-refractivity contribution in [1.82, 2.24) is 4.90 Å². The zero-order chi connectivity index (χ0) is 19.6. The largest absolute Gasteiger partial charge is 0.495 e. The molecule has 0 atom stereocenters. The van der Waals surface area contributed by atoms with Crippen LogP contribution in [0.4, 0.5) is 5.69 Å². The third kappa shape index (κ3) is 3.85.